The Morgan fingerprint density at radius 2 is 1.54 bits per heavy atom. The molecule has 0 bridgehead atoms. The van der Waals surface area contributed by atoms with Crippen LogP contribution in [0.5, 0.6) is 0 Å². The van der Waals surface area contributed by atoms with Gasteiger partial charge >= 0.3 is 0 Å². The lowest BCUT2D eigenvalue weighted by atomic mass is 9.99. The summed E-state index contributed by atoms with van der Waals surface area (Å²) in [5, 5.41) is 17.0. The third kappa shape index (κ3) is 11.0. The summed E-state index contributed by atoms with van der Waals surface area (Å²) < 4.78 is 27.7. The minimum Gasteiger partial charge on any atom is -0.390 e. The number of nitrogens with zero attached hydrogens (tertiary/aromatic N) is 2. The maximum Gasteiger partial charge on any atom is 0.253 e. The zero-order valence-corrected chi connectivity index (χ0v) is 23.9. The van der Waals surface area contributed by atoms with Crippen LogP contribution in [0.3, 0.4) is 0 Å². The van der Waals surface area contributed by atoms with Gasteiger partial charge in [-0.2, -0.15) is 0 Å². The van der Waals surface area contributed by atoms with Gasteiger partial charge in [-0.25, -0.2) is 8.78 Å². The molecule has 0 aromatic heterocycles. The van der Waals surface area contributed by atoms with Crippen molar-refractivity contribution in [2.24, 2.45) is 0 Å². The summed E-state index contributed by atoms with van der Waals surface area (Å²) in [6, 6.07) is 7.35. The summed E-state index contributed by atoms with van der Waals surface area (Å²) in [5.41, 5.74) is 1.78. The van der Waals surface area contributed by atoms with Gasteiger partial charge in [0.2, 0.25) is 0 Å². The van der Waals surface area contributed by atoms with E-state index in [0.717, 1.165) is 37.4 Å². The van der Waals surface area contributed by atoms with Crippen LogP contribution in [-0.2, 0) is 6.42 Å². The second kappa shape index (κ2) is 16.3. The van der Waals surface area contributed by atoms with Crippen LogP contribution in [0.4, 0.5) is 8.78 Å². The van der Waals surface area contributed by atoms with E-state index in [1.165, 1.54) is 12.1 Å². The smallest absolute Gasteiger partial charge is 0.253 e. The summed E-state index contributed by atoms with van der Waals surface area (Å²) >= 11 is 0. The van der Waals surface area contributed by atoms with Crippen LogP contribution >= 0.6 is 0 Å². The molecule has 0 saturated carbocycles. The van der Waals surface area contributed by atoms with Crippen molar-refractivity contribution in [3.8, 4) is 0 Å². The van der Waals surface area contributed by atoms with Crippen LogP contribution in [0.1, 0.15) is 65.0 Å². The molecule has 39 heavy (non-hydrogen) atoms. The van der Waals surface area contributed by atoms with Crippen LogP contribution in [0, 0.1) is 18.6 Å². The Bertz CT molecular complexity index is 1050. The van der Waals surface area contributed by atoms with Crippen molar-refractivity contribution in [3.05, 3.63) is 70.3 Å². The highest BCUT2D eigenvalue weighted by molar-refractivity contribution is 6.00. The molecule has 216 valence electrons. The fraction of sp³-hybridized carbons (Fsp3) is 0.533. The number of amides is 2. The number of hydrogen-bond acceptors (Lipinski definition) is 5. The van der Waals surface area contributed by atoms with E-state index >= 15 is 0 Å². The first kappa shape index (κ1) is 32.3. The van der Waals surface area contributed by atoms with Crippen molar-refractivity contribution in [3.63, 3.8) is 0 Å². The van der Waals surface area contributed by atoms with Crippen molar-refractivity contribution in [1.29, 1.82) is 0 Å². The third-order valence-electron chi connectivity index (χ3n) is 6.33. The van der Waals surface area contributed by atoms with Gasteiger partial charge in [-0.05, 0) is 101 Å². The molecule has 9 heteroatoms. The number of aliphatic hydroxyl groups is 1. The Balaban J connectivity index is 2.24. The first-order chi connectivity index (χ1) is 18.5. The van der Waals surface area contributed by atoms with Gasteiger partial charge < -0.3 is 25.5 Å². The number of aryl methyl sites for hydroxylation is 1. The molecule has 0 unspecified atom stereocenters. The average molecular weight is 547 g/mol. The summed E-state index contributed by atoms with van der Waals surface area (Å²) in [7, 11) is 3.96. The van der Waals surface area contributed by atoms with Crippen LogP contribution in [0.2, 0.25) is 0 Å². The number of halogens is 2. The van der Waals surface area contributed by atoms with E-state index in [1.807, 2.05) is 34.9 Å². The minimum atomic E-state index is -1.02. The Kier molecular flexibility index (Phi) is 13.5. The zero-order chi connectivity index (χ0) is 28.9. The van der Waals surface area contributed by atoms with Gasteiger partial charge in [0.15, 0.2) is 0 Å². The molecule has 2 amide bonds. The van der Waals surface area contributed by atoms with Gasteiger partial charge in [0.05, 0.1) is 12.1 Å². The van der Waals surface area contributed by atoms with E-state index in [1.54, 1.807) is 23.1 Å². The van der Waals surface area contributed by atoms with Gasteiger partial charge in [0.1, 0.15) is 11.6 Å². The molecule has 2 aromatic rings. The van der Waals surface area contributed by atoms with Crippen molar-refractivity contribution < 1.29 is 23.5 Å². The molecule has 7 nitrogen and oxygen atoms in total. The zero-order valence-electron chi connectivity index (χ0n) is 23.9. The van der Waals surface area contributed by atoms with Gasteiger partial charge in [0.25, 0.3) is 11.8 Å². The van der Waals surface area contributed by atoms with E-state index in [-0.39, 0.29) is 24.4 Å². The maximum atomic E-state index is 13.9. The lowest BCUT2D eigenvalue weighted by Crippen LogP contribution is -2.49. The Hall–Kier alpha value is -2.88. The van der Waals surface area contributed by atoms with E-state index in [0.29, 0.717) is 30.8 Å². The highest BCUT2D eigenvalue weighted by Gasteiger charge is 2.24. The van der Waals surface area contributed by atoms with Gasteiger partial charge in [0, 0.05) is 36.8 Å². The molecule has 0 aliphatic carbocycles. The fourth-order valence-corrected chi connectivity index (χ4v) is 4.51. The molecule has 2 atom stereocenters. The summed E-state index contributed by atoms with van der Waals surface area (Å²) in [6.07, 6.45) is 1.54. The lowest BCUT2D eigenvalue weighted by Gasteiger charge is -2.25. The van der Waals surface area contributed by atoms with Gasteiger partial charge in [-0.1, -0.05) is 13.8 Å². The molecular weight excluding hydrogens is 502 g/mol. The Morgan fingerprint density at radius 1 is 0.923 bits per heavy atom. The van der Waals surface area contributed by atoms with E-state index < -0.39 is 29.7 Å². The van der Waals surface area contributed by atoms with E-state index in [4.69, 9.17) is 0 Å². The Labute approximate surface area is 231 Å². The molecule has 0 fully saturated rings. The molecule has 0 heterocycles. The highest BCUT2D eigenvalue weighted by Crippen LogP contribution is 2.16. The largest absolute Gasteiger partial charge is 0.390 e. The first-order valence-electron chi connectivity index (χ1n) is 13.7. The Morgan fingerprint density at radius 3 is 2.13 bits per heavy atom. The number of aliphatic hydroxyl groups excluding tert-OH is 1. The normalized spacial score (nSPS) is 12.8. The van der Waals surface area contributed by atoms with Gasteiger partial charge in [-0.15, -0.1) is 0 Å². The predicted molar refractivity (Wildman–Crippen MR) is 151 cm³/mol. The van der Waals surface area contributed by atoms with Crippen molar-refractivity contribution >= 4 is 11.8 Å². The number of nitrogens with one attached hydrogen (secondary N) is 2. The number of carbonyl (C=O) groups is 2. The summed E-state index contributed by atoms with van der Waals surface area (Å²) in [5.74, 6) is -2.06. The first-order valence-corrected chi connectivity index (χ1v) is 13.7. The second-order valence-electron chi connectivity index (χ2n) is 10.4. The molecule has 0 saturated heterocycles. The monoisotopic (exact) mass is 546 g/mol. The minimum absolute atomic E-state index is 0.0271. The quantitative estimate of drug-likeness (QED) is 0.279. The molecule has 2 aromatic carbocycles. The SMILES string of the molecule is CCCN(CCC)C(=O)c1cc(C)cc(C(=O)N[C@@H](Cc2cc(F)cc(F)c2)[C@H](O)CNCCCN(C)C)c1. The molecule has 3 N–H and O–H groups in total. The molecule has 0 aliphatic heterocycles. The summed E-state index contributed by atoms with van der Waals surface area (Å²) in [6.45, 7) is 8.84. The lowest BCUT2D eigenvalue weighted by molar-refractivity contribution is 0.0755. The van der Waals surface area contributed by atoms with Crippen molar-refractivity contribution in [2.75, 3.05) is 46.8 Å². The molecule has 0 spiro atoms. The molecule has 0 aliphatic rings. The maximum absolute atomic E-state index is 13.9. The number of benzene rings is 2. The van der Waals surface area contributed by atoms with Crippen LogP contribution < -0.4 is 10.6 Å². The summed E-state index contributed by atoms with van der Waals surface area (Å²) in [4.78, 5) is 30.4. The predicted octanol–water partition coefficient (Wildman–Crippen LogP) is 3.78. The van der Waals surface area contributed by atoms with Crippen LogP contribution in [0.25, 0.3) is 0 Å². The number of carbonyl (C=O) groups excluding carboxylic acids is 2. The molecule has 0 radical (unpaired) electrons. The average Bonchev–Trinajstić information content (AvgIpc) is 2.86. The van der Waals surface area contributed by atoms with Crippen molar-refractivity contribution in [2.45, 2.75) is 58.6 Å². The molecule has 2 rings (SSSR count). The molecular formula is C30H44F2N4O3. The van der Waals surface area contributed by atoms with Crippen molar-refractivity contribution in [1.82, 2.24) is 20.4 Å². The van der Waals surface area contributed by atoms with Crippen LogP contribution in [0.15, 0.2) is 36.4 Å². The number of rotatable bonds is 16. The van der Waals surface area contributed by atoms with Crippen LogP contribution in [-0.4, -0.2) is 85.7 Å². The van der Waals surface area contributed by atoms with E-state index in [2.05, 4.69) is 15.5 Å². The van der Waals surface area contributed by atoms with Gasteiger partial charge in [-0.3, -0.25) is 9.59 Å². The number of hydrogen-bond donors (Lipinski definition) is 3. The highest BCUT2D eigenvalue weighted by atomic mass is 19.1. The fourth-order valence-electron chi connectivity index (χ4n) is 4.51. The second-order valence-corrected chi connectivity index (χ2v) is 10.4. The standard InChI is InChI=1S/C30H44F2N4O3/c1-6-10-36(11-7-2)30(39)24-14-21(3)13-23(18-24)29(38)34-27(17-22-15-25(31)19-26(32)16-22)28(37)20-33-9-8-12-35(4)5/h13-16,18-19,27-28,33,37H,6-12,17,20H2,1-5H3,(H,34,38)/t27-,28+/m0/s1. The topological polar surface area (TPSA) is 84.9 Å². The third-order valence-corrected chi connectivity index (χ3v) is 6.33. The van der Waals surface area contributed by atoms with E-state index in [9.17, 15) is 23.5 Å².